The van der Waals surface area contributed by atoms with E-state index < -0.39 is 0 Å². The standard InChI is InChI=1S/C18H37N/c1-17(2,3)16-14-12-10-8-7-9-11-13-15-19(16)18(4,5)6/h16H,7-15H2,1-6H3. The van der Waals surface area contributed by atoms with Crippen LogP contribution < -0.4 is 0 Å². The van der Waals surface area contributed by atoms with Crippen molar-refractivity contribution < 1.29 is 0 Å². The Kier molecular flexibility index (Phi) is 6.36. The van der Waals surface area contributed by atoms with E-state index in [0.717, 1.165) is 6.04 Å². The van der Waals surface area contributed by atoms with Crippen LogP contribution in [0.4, 0.5) is 0 Å². The molecule has 0 radical (unpaired) electrons. The van der Waals surface area contributed by atoms with Crippen molar-refractivity contribution >= 4 is 0 Å². The van der Waals surface area contributed by atoms with E-state index in [0.29, 0.717) is 11.0 Å². The second kappa shape index (κ2) is 7.11. The van der Waals surface area contributed by atoms with Gasteiger partial charge in [0.1, 0.15) is 0 Å². The van der Waals surface area contributed by atoms with Crippen LogP contribution in [0, 0.1) is 5.41 Å². The number of nitrogens with zero attached hydrogens (tertiary/aromatic N) is 1. The van der Waals surface area contributed by atoms with Gasteiger partial charge < -0.3 is 0 Å². The van der Waals surface area contributed by atoms with Crippen molar-refractivity contribution in [2.75, 3.05) is 6.54 Å². The molecule has 0 bridgehead atoms. The average Bonchev–Trinajstić information content (AvgIpc) is 2.29. The third-order valence-corrected chi connectivity index (χ3v) is 4.61. The fourth-order valence-electron chi connectivity index (χ4n) is 3.52. The fourth-order valence-corrected chi connectivity index (χ4v) is 3.52. The highest BCUT2D eigenvalue weighted by molar-refractivity contribution is 4.90. The SMILES string of the molecule is CC(C)(C)C1CCCCCCCCCN1C(C)(C)C. The Morgan fingerprint density at radius 1 is 0.684 bits per heavy atom. The molecule has 1 heterocycles. The molecular formula is C18H37N. The van der Waals surface area contributed by atoms with Gasteiger partial charge in [-0.15, -0.1) is 0 Å². The molecule has 0 aromatic rings. The second-order valence-electron chi connectivity index (χ2n) is 8.51. The van der Waals surface area contributed by atoms with Crippen LogP contribution in [-0.4, -0.2) is 23.0 Å². The normalized spacial score (nSPS) is 25.9. The van der Waals surface area contributed by atoms with Crippen LogP contribution in [0.5, 0.6) is 0 Å². The first-order valence-corrected chi connectivity index (χ1v) is 8.49. The first-order valence-electron chi connectivity index (χ1n) is 8.49. The molecule has 1 unspecified atom stereocenters. The van der Waals surface area contributed by atoms with E-state index in [-0.39, 0.29) is 0 Å². The summed E-state index contributed by atoms with van der Waals surface area (Å²) in [6.45, 7) is 15.7. The zero-order chi connectivity index (χ0) is 14.5. The smallest absolute Gasteiger partial charge is 0.0149 e. The summed E-state index contributed by atoms with van der Waals surface area (Å²) in [5, 5.41) is 0. The van der Waals surface area contributed by atoms with Gasteiger partial charge >= 0.3 is 0 Å². The Morgan fingerprint density at radius 2 is 1.16 bits per heavy atom. The van der Waals surface area contributed by atoms with Crippen LogP contribution >= 0.6 is 0 Å². The van der Waals surface area contributed by atoms with E-state index in [9.17, 15) is 0 Å². The molecule has 0 aromatic carbocycles. The highest BCUT2D eigenvalue weighted by atomic mass is 15.2. The minimum Gasteiger partial charge on any atom is -0.295 e. The summed E-state index contributed by atoms with van der Waals surface area (Å²) < 4.78 is 0. The van der Waals surface area contributed by atoms with E-state index in [1.54, 1.807) is 0 Å². The molecule has 1 aliphatic rings. The molecule has 19 heavy (non-hydrogen) atoms. The molecule has 1 heteroatoms. The first-order chi connectivity index (χ1) is 8.73. The second-order valence-corrected chi connectivity index (χ2v) is 8.51. The molecule has 0 aromatic heterocycles. The highest BCUT2D eigenvalue weighted by Crippen LogP contribution is 2.34. The van der Waals surface area contributed by atoms with Crippen LogP contribution in [0.25, 0.3) is 0 Å². The van der Waals surface area contributed by atoms with Gasteiger partial charge in [0.25, 0.3) is 0 Å². The van der Waals surface area contributed by atoms with E-state index in [1.807, 2.05) is 0 Å². The molecule has 1 saturated heterocycles. The van der Waals surface area contributed by atoms with Gasteiger partial charge in [0.05, 0.1) is 0 Å². The molecule has 0 spiro atoms. The van der Waals surface area contributed by atoms with Gasteiger partial charge in [0, 0.05) is 11.6 Å². The predicted molar refractivity (Wildman–Crippen MR) is 86.6 cm³/mol. The first kappa shape index (κ1) is 17.0. The Balaban J connectivity index is 2.85. The van der Waals surface area contributed by atoms with Crippen molar-refractivity contribution in [3.8, 4) is 0 Å². The quantitative estimate of drug-likeness (QED) is 0.549. The Labute approximate surface area is 122 Å². The van der Waals surface area contributed by atoms with Crippen LogP contribution in [-0.2, 0) is 0 Å². The van der Waals surface area contributed by atoms with Crippen LogP contribution in [0.1, 0.15) is 92.9 Å². The number of rotatable bonds is 0. The minimum absolute atomic E-state index is 0.298. The minimum atomic E-state index is 0.298. The van der Waals surface area contributed by atoms with Crippen molar-refractivity contribution in [2.45, 2.75) is 104 Å². The van der Waals surface area contributed by atoms with Gasteiger partial charge in [-0.1, -0.05) is 59.3 Å². The van der Waals surface area contributed by atoms with E-state index >= 15 is 0 Å². The molecule has 1 rings (SSSR count). The summed E-state index contributed by atoms with van der Waals surface area (Å²) in [5.74, 6) is 0. The van der Waals surface area contributed by atoms with Gasteiger partial charge in [-0.05, 0) is 45.6 Å². The maximum absolute atomic E-state index is 2.80. The lowest BCUT2D eigenvalue weighted by molar-refractivity contribution is 0.0148. The molecule has 0 amide bonds. The lowest BCUT2D eigenvalue weighted by Crippen LogP contribution is -2.53. The molecule has 1 nitrogen and oxygen atoms in total. The molecule has 0 saturated carbocycles. The van der Waals surface area contributed by atoms with Crippen LogP contribution in [0.3, 0.4) is 0 Å². The van der Waals surface area contributed by atoms with Gasteiger partial charge in [-0.2, -0.15) is 0 Å². The summed E-state index contributed by atoms with van der Waals surface area (Å²) >= 11 is 0. The molecular weight excluding hydrogens is 230 g/mol. The van der Waals surface area contributed by atoms with E-state index in [2.05, 4.69) is 46.4 Å². The summed E-state index contributed by atoms with van der Waals surface area (Å²) in [6.07, 6.45) is 11.4. The van der Waals surface area contributed by atoms with Gasteiger partial charge in [0.2, 0.25) is 0 Å². The largest absolute Gasteiger partial charge is 0.295 e. The molecule has 1 fully saturated rings. The third-order valence-electron chi connectivity index (χ3n) is 4.61. The van der Waals surface area contributed by atoms with Crippen LogP contribution in [0.2, 0.25) is 0 Å². The molecule has 0 N–H and O–H groups in total. The monoisotopic (exact) mass is 267 g/mol. The maximum Gasteiger partial charge on any atom is 0.0149 e. The molecule has 1 atom stereocenters. The lowest BCUT2D eigenvalue weighted by Gasteiger charge is -2.47. The van der Waals surface area contributed by atoms with E-state index in [1.165, 1.54) is 57.9 Å². The number of hydrogen-bond donors (Lipinski definition) is 0. The Hall–Kier alpha value is -0.0400. The van der Waals surface area contributed by atoms with Crippen molar-refractivity contribution in [1.82, 2.24) is 4.90 Å². The van der Waals surface area contributed by atoms with Gasteiger partial charge in [-0.3, -0.25) is 4.90 Å². The summed E-state index contributed by atoms with van der Waals surface area (Å²) in [4.78, 5) is 2.80. The molecule has 1 aliphatic heterocycles. The van der Waals surface area contributed by atoms with Gasteiger partial charge in [0.15, 0.2) is 0 Å². The zero-order valence-corrected chi connectivity index (χ0v) is 14.4. The maximum atomic E-state index is 2.80. The van der Waals surface area contributed by atoms with Crippen molar-refractivity contribution in [3.63, 3.8) is 0 Å². The molecule has 114 valence electrons. The topological polar surface area (TPSA) is 3.24 Å². The fraction of sp³-hybridized carbons (Fsp3) is 1.00. The zero-order valence-electron chi connectivity index (χ0n) is 14.4. The Morgan fingerprint density at radius 3 is 1.63 bits per heavy atom. The van der Waals surface area contributed by atoms with Crippen molar-refractivity contribution in [1.29, 1.82) is 0 Å². The van der Waals surface area contributed by atoms with E-state index in [4.69, 9.17) is 0 Å². The van der Waals surface area contributed by atoms with Gasteiger partial charge in [-0.25, -0.2) is 0 Å². The lowest BCUT2D eigenvalue weighted by atomic mass is 9.80. The van der Waals surface area contributed by atoms with Crippen molar-refractivity contribution in [3.05, 3.63) is 0 Å². The summed E-state index contributed by atoms with van der Waals surface area (Å²) in [6, 6.07) is 0.727. The summed E-state index contributed by atoms with van der Waals surface area (Å²) in [7, 11) is 0. The van der Waals surface area contributed by atoms with Crippen LogP contribution in [0.15, 0.2) is 0 Å². The third kappa shape index (κ3) is 5.85. The Bertz CT molecular complexity index is 217. The highest BCUT2D eigenvalue weighted by Gasteiger charge is 2.35. The average molecular weight is 268 g/mol. The predicted octanol–water partition coefficient (Wildman–Crippen LogP) is 5.64. The summed E-state index contributed by atoms with van der Waals surface area (Å²) in [5.41, 5.74) is 0.688. The molecule has 0 aliphatic carbocycles. The number of hydrogen-bond acceptors (Lipinski definition) is 1. The van der Waals surface area contributed by atoms with Crippen molar-refractivity contribution in [2.24, 2.45) is 5.41 Å².